The van der Waals surface area contributed by atoms with Gasteiger partial charge in [-0.3, -0.25) is 0 Å². The molecule has 1 heteroatoms. The Morgan fingerprint density at radius 3 is 2.25 bits per heavy atom. The van der Waals surface area contributed by atoms with Gasteiger partial charge < -0.3 is 0 Å². The van der Waals surface area contributed by atoms with E-state index in [2.05, 4.69) is 61.0 Å². The van der Waals surface area contributed by atoms with Gasteiger partial charge in [-0.05, 0) is 36.3 Å². The maximum absolute atomic E-state index is 3.76. The molecule has 0 spiro atoms. The molecule has 0 radical (unpaired) electrons. The molecule has 0 aromatic heterocycles. The lowest BCUT2D eigenvalue weighted by Gasteiger charge is -2.13. The second-order valence-electron chi connectivity index (χ2n) is 4.94. The van der Waals surface area contributed by atoms with E-state index < -0.39 is 0 Å². The van der Waals surface area contributed by atoms with Crippen LogP contribution in [-0.2, 0) is 6.42 Å². The fourth-order valence-corrected chi connectivity index (χ4v) is 2.88. The van der Waals surface area contributed by atoms with E-state index in [1.54, 1.807) is 0 Å². The summed E-state index contributed by atoms with van der Waals surface area (Å²) >= 11 is 3.76. The van der Waals surface area contributed by atoms with E-state index in [0.717, 1.165) is 5.92 Å². The third-order valence-electron chi connectivity index (χ3n) is 2.84. The number of aryl methyl sites for hydroxylation is 1. The van der Waals surface area contributed by atoms with Gasteiger partial charge >= 0.3 is 0 Å². The third-order valence-corrected chi connectivity index (χ3v) is 3.74. The van der Waals surface area contributed by atoms with Crippen molar-refractivity contribution in [3.8, 4) is 0 Å². The summed E-state index contributed by atoms with van der Waals surface area (Å²) in [4.78, 5) is 0.507. The minimum Gasteiger partial charge on any atom is -0.0839 e. The zero-order valence-electron chi connectivity index (χ0n) is 10.7. The maximum Gasteiger partial charge on any atom is 0.0397 e. The van der Waals surface area contributed by atoms with E-state index in [9.17, 15) is 0 Å². The predicted molar refractivity (Wildman–Crippen MR) is 76.2 cm³/mol. The highest BCUT2D eigenvalue weighted by Crippen LogP contribution is 2.29. The van der Waals surface area contributed by atoms with Crippen LogP contribution < -0.4 is 0 Å². The highest BCUT2D eigenvalue weighted by molar-refractivity contribution is 9.09. The lowest BCUT2D eigenvalue weighted by atomic mass is 10.0. The van der Waals surface area contributed by atoms with Crippen LogP contribution in [0.15, 0.2) is 24.3 Å². The number of alkyl halides is 1. The van der Waals surface area contributed by atoms with Crippen LogP contribution in [0.2, 0.25) is 0 Å². The van der Waals surface area contributed by atoms with E-state index >= 15 is 0 Å². The Balaban J connectivity index is 2.56. The van der Waals surface area contributed by atoms with Crippen LogP contribution >= 0.6 is 15.9 Å². The molecule has 0 saturated heterocycles. The van der Waals surface area contributed by atoms with Crippen LogP contribution in [0.3, 0.4) is 0 Å². The minimum atomic E-state index is 0.507. The zero-order chi connectivity index (χ0) is 12.0. The van der Waals surface area contributed by atoms with Crippen LogP contribution in [0, 0.1) is 5.92 Å². The highest BCUT2D eigenvalue weighted by Gasteiger charge is 2.09. The monoisotopic (exact) mass is 282 g/mol. The Morgan fingerprint density at radius 1 is 1.12 bits per heavy atom. The molecular formula is C15H23Br. The first kappa shape index (κ1) is 13.8. The molecule has 0 amide bonds. The molecule has 0 fully saturated rings. The summed E-state index contributed by atoms with van der Waals surface area (Å²) in [5, 5.41) is 0. The quantitative estimate of drug-likeness (QED) is 0.604. The van der Waals surface area contributed by atoms with Gasteiger partial charge in [-0.15, -0.1) is 0 Å². The van der Waals surface area contributed by atoms with Crippen molar-refractivity contribution in [1.82, 2.24) is 0 Å². The van der Waals surface area contributed by atoms with Crippen LogP contribution in [0.25, 0.3) is 0 Å². The molecule has 16 heavy (non-hydrogen) atoms. The van der Waals surface area contributed by atoms with Crippen molar-refractivity contribution >= 4 is 15.9 Å². The summed E-state index contributed by atoms with van der Waals surface area (Å²) in [6.45, 7) is 6.78. The number of hydrogen-bond donors (Lipinski definition) is 0. The van der Waals surface area contributed by atoms with Crippen molar-refractivity contribution in [2.24, 2.45) is 5.92 Å². The fourth-order valence-electron chi connectivity index (χ4n) is 1.82. The van der Waals surface area contributed by atoms with Crippen molar-refractivity contribution in [2.45, 2.75) is 51.3 Å². The van der Waals surface area contributed by atoms with E-state index in [1.165, 1.54) is 36.8 Å². The molecule has 1 aromatic rings. The molecule has 0 N–H and O–H groups in total. The first-order valence-electron chi connectivity index (χ1n) is 6.36. The van der Waals surface area contributed by atoms with E-state index in [0.29, 0.717) is 4.83 Å². The Bertz CT molecular complexity index is 287. The van der Waals surface area contributed by atoms with Crippen molar-refractivity contribution in [2.75, 3.05) is 0 Å². The van der Waals surface area contributed by atoms with Crippen molar-refractivity contribution in [3.05, 3.63) is 35.4 Å². The average molecular weight is 283 g/mol. The molecule has 1 unspecified atom stereocenters. The summed E-state index contributed by atoms with van der Waals surface area (Å²) in [7, 11) is 0. The fraction of sp³-hybridized carbons (Fsp3) is 0.600. The number of benzene rings is 1. The highest BCUT2D eigenvalue weighted by atomic mass is 79.9. The molecule has 90 valence electrons. The van der Waals surface area contributed by atoms with Gasteiger partial charge in [0.1, 0.15) is 0 Å². The molecule has 0 heterocycles. The molecular weight excluding hydrogens is 260 g/mol. The Morgan fingerprint density at radius 2 is 1.75 bits per heavy atom. The zero-order valence-corrected chi connectivity index (χ0v) is 12.3. The van der Waals surface area contributed by atoms with Gasteiger partial charge in [0.25, 0.3) is 0 Å². The molecule has 0 aliphatic rings. The van der Waals surface area contributed by atoms with Crippen LogP contribution in [-0.4, -0.2) is 0 Å². The van der Waals surface area contributed by atoms with Crippen LogP contribution in [0.4, 0.5) is 0 Å². The Labute approximate surface area is 109 Å². The lowest BCUT2D eigenvalue weighted by molar-refractivity contribution is 0.583. The van der Waals surface area contributed by atoms with Gasteiger partial charge in [0.2, 0.25) is 0 Å². The molecule has 0 aliphatic heterocycles. The van der Waals surface area contributed by atoms with Gasteiger partial charge in [0, 0.05) is 4.83 Å². The smallest absolute Gasteiger partial charge is 0.0397 e. The number of unbranched alkanes of at least 4 members (excludes halogenated alkanes) is 1. The number of hydrogen-bond acceptors (Lipinski definition) is 0. The maximum atomic E-state index is 3.76. The topological polar surface area (TPSA) is 0 Å². The Kier molecular flexibility index (Phi) is 6.12. The van der Waals surface area contributed by atoms with Gasteiger partial charge in [0.05, 0.1) is 0 Å². The number of halogens is 1. The standard InChI is InChI=1S/C15H23Br/c1-4-5-6-13-7-9-14(10-8-13)15(16)11-12(2)3/h7-10,12,15H,4-6,11H2,1-3H3. The average Bonchev–Trinajstić information content (AvgIpc) is 2.26. The summed E-state index contributed by atoms with van der Waals surface area (Å²) in [6, 6.07) is 9.10. The minimum absolute atomic E-state index is 0.507. The predicted octanol–water partition coefficient (Wildman–Crippen LogP) is 5.51. The second-order valence-corrected chi connectivity index (χ2v) is 6.05. The summed E-state index contributed by atoms with van der Waals surface area (Å²) in [5.41, 5.74) is 2.88. The molecule has 0 nitrogen and oxygen atoms in total. The summed E-state index contributed by atoms with van der Waals surface area (Å²) < 4.78 is 0. The van der Waals surface area contributed by atoms with Gasteiger partial charge in [-0.1, -0.05) is 67.4 Å². The van der Waals surface area contributed by atoms with Crippen molar-refractivity contribution in [1.29, 1.82) is 0 Å². The lowest BCUT2D eigenvalue weighted by Crippen LogP contribution is -1.96. The summed E-state index contributed by atoms with van der Waals surface area (Å²) in [5.74, 6) is 0.740. The van der Waals surface area contributed by atoms with E-state index in [-0.39, 0.29) is 0 Å². The summed E-state index contributed by atoms with van der Waals surface area (Å²) in [6.07, 6.45) is 4.99. The third kappa shape index (κ3) is 4.69. The number of rotatable bonds is 6. The van der Waals surface area contributed by atoms with Gasteiger partial charge in [-0.2, -0.15) is 0 Å². The first-order chi connectivity index (χ1) is 7.63. The molecule has 1 aromatic carbocycles. The van der Waals surface area contributed by atoms with E-state index in [4.69, 9.17) is 0 Å². The van der Waals surface area contributed by atoms with Crippen LogP contribution in [0.5, 0.6) is 0 Å². The first-order valence-corrected chi connectivity index (χ1v) is 7.28. The normalized spacial score (nSPS) is 13.1. The molecule has 0 bridgehead atoms. The van der Waals surface area contributed by atoms with Gasteiger partial charge in [0.15, 0.2) is 0 Å². The Hall–Kier alpha value is -0.300. The second kappa shape index (κ2) is 7.11. The van der Waals surface area contributed by atoms with Crippen molar-refractivity contribution in [3.63, 3.8) is 0 Å². The molecule has 1 atom stereocenters. The van der Waals surface area contributed by atoms with Crippen molar-refractivity contribution < 1.29 is 0 Å². The molecule has 0 saturated carbocycles. The van der Waals surface area contributed by atoms with Gasteiger partial charge in [-0.25, -0.2) is 0 Å². The van der Waals surface area contributed by atoms with E-state index in [1.807, 2.05) is 0 Å². The molecule has 1 rings (SSSR count). The SMILES string of the molecule is CCCCc1ccc(C(Br)CC(C)C)cc1. The van der Waals surface area contributed by atoms with Crippen LogP contribution in [0.1, 0.15) is 56.0 Å². The largest absolute Gasteiger partial charge is 0.0839 e. The molecule has 0 aliphatic carbocycles.